The van der Waals surface area contributed by atoms with Crippen LogP contribution in [0.4, 0.5) is 18.0 Å². The number of carbonyl (C=O) groups is 1. The fraction of sp³-hybridized carbons (Fsp3) is 0.909. The number of hydrogen-bond acceptors (Lipinski definition) is 3. The number of carbonyl (C=O) groups excluding carboxylic acids is 1. The summed E-state index contributed by atoms with van der Waals surface area (Å²) in [5.74, 6) is 0. The Hall–Kier alpha value is -0.980. The molecule has 1 aliphatic heterocycles. The molecule has 1 fully saturated rings. The van der Waals surface area contributed by atoms with Gasteiger partial charge in [-0.3, -0.25) is 0 Å². The second-order valence-electron chi connectivity index (χ2n) is 5.32. The first-order valence-corrected chi connectivity index (χ1v) is 5.91. The molecule has 1 aliphatic rings. The third-order valence-corrected chi connectivity index (χ3v) is 2.50. The smallest absolute Gasteiger partial charge is 0.444 e. The summed E-state index contributed by atoms with van der Waals surface area (Å²) in [5, 5.41) is 2.86. The van der Waals surface area contributed by atoms with Crippen molar-refractivity contribution in [2.75, 3.05) is 13.1 Å². The monoisotopic (exact) mass is 268 g/mol. The molecule has 0 aromatic heterocycles. The van der Waals surface area contributed by atoms with Gasteiger partial charge in [-0.2, -0.15) is 0 Å². The van der Waals surface area contributed by atoms with Crippen molar-refractivity contribution in [1.82, 2.24) is 10.2 Å². The quantitative estimate of drug-likeness (QED) is 0.743. The zero-order chi connectivity index (χ0) is 14.0. The molecule has 0 bridgehead atoms. The van der Waals surface area contributed by atoms with Crippen LogP contribution in [0.1, 0.15) is 33.6 Å². The van der Waals surface area contributed by atoms with Crippen molar-refractivity contribution in [1.29, 1.82) is 0 Å². The lowest BCUT2D eigenvalue weighted by Crippen LogP contribution is -2.55. The molecule has 0 spiro atoms. The van der Waals surface area contributed by atoms with Crippen molar-refractivity contribution >= 4 is 6.09 Å². The van der Waals surface area contributed by atoms with Gasteiger partial charge in [0.25, 0.3) is 0 Å². The van der Waals surface area contributed by atoms with Crippen molar-refractivity contribution in [3.63, 3.8) is 0 Å². The van der Waals surface area contributed by atoms with Crippen LogP contribution in [0.25, 0.3) is 0 Å². The van der Waals surface area contributed by atoms with E-state index in [1.165, 1.54) is 0 Å². The molecular formula is C11H19F3N2O2. The molecule has 1 N–H and O–H groups in total. The molecule has 1 saturated heterocycles. The summed E-state index contributed by atoms with van der Waals surface area (Å²) in [7, 11) is 0. The highest BCUT2D eigenvalue weighted by atomic mass is 19.4. The van der Waals surface area contributed by atoms with Crippen LogP contribution in [-0.2, 0) is 4.74 Å². The molecule has 0 saturated carbocycles. The minimum Gasteiger partial charge on any atom is -0.444 e. The van der Waals surface area contributed by atoms with Crippen LogP contribution in [-0.4, -0.2) is 42.0 Å². The van der Waals surface area contributed by atoms with E-state index in [0.29, 0.717) is 19.4 Å². The highest BCUT2D eigenvalue weighted by Crippen LogP contribution is 2.28. The minimum absolute atomic E-state index is 0.107. The largest absolute Gasteiger partial charge is 0.490 e. The number of amides is 1. The number of piperidine rings is 1. The average molecular weight is 268 g/mol. The fourth-order valence-corrected chi connectivity index (χ4v) is 1.82. The zero-order valence-electron chi connectivity index (χ0n) is 10.8. The predicted molar refractivity (Wildman–Crippen MR) is 60.0 cm³/mol. The lowest BCUT2D eigenvalue weighted by Gasteiger charge is -2.36. The molecule has 1 rings (SSSR count). The fourth-order valence-electron chi connectivity index (χ4n) is 1.82. The highest BCUT2D eigenvalue weighted by Gasteiger charge is 2.47. The van der Waals surface area contributed by atoms with Gasteiger partial charge in [0.2, 0.25) is 0 Å². The van der Waals surface area contributed by atoms with E-state index in [0.717, 1.165) is 0 Å². The number of nitrogens with one attached hydrogen (secondary N) is 1. The van der Waals surface area contributed by atoms with E-state index in [4.69, 9.17) is 4.74 Å². The minimum atomic E-state index is -4.72. The molecule has 0 aliphatic carbocycles. The molecule has 0 unspecified atom stereocenters. The van der Waals surface area contributed by atoms with E-state index in [-0.39, 0.29) is 11.4 Å². The molecule has 1 heterocycles. The Bertz CT molecular complexity index is 294. The van der Waals surface area contributed by atoms with Crippen LogP contribution in [0.15, 0.2) is 0 Å². The first-order valence-electron chi connectivity index (χ1n) is 5.91. The van der Waals surface area contributed by atoms with Crippen molar-refractivity contribution < 1.29 is 22.7 Å². The van der Waals surface area contributed by atoms with Gasteiger partial charge >= 0.3 is 12.4 Å². The Morgan fingerprint density at radius 1 is 1.33 bits per heavy atom. The standard InChI is InChI=1S/C11H19F3N2O2/c1-10(2,3)18-9(17)16(11(12,13)14)8-5-4-6-15-7-8/h8,15H,4-7H2,1-3H3/t8-/m0/s1. The van der Waals surface area contributed by atoms with E-state index in [1.807, 2.05) is 0 Å². The SMILES string of the molecule is CC(C)(C)OC(=O)N([C@H]1CCCNC1)C(F)(F)F. The van der Waals surface area contributed by atoms with Crippen molar-refractivity contribution in [2.45, 2.75) is 51.6 Å². The number of rotatable bonds is 1. The van der Waals surface area contributed by atoms with E-state index in [1.54, 1.807) is 20.8 Å². The van der Waals surface area contributed by atoms with Crippen molar-refractivity contribution in [2.24, 2.45) is 0 Å². The summed E-state index contributed by atoms with van der Waals surface area (Å²) in [6.07, 6.45) is -5.11. The van der Waals surface area contributed by atoms with Crippen LogP contribution in [0.5, 0.6) is 0 Å². The normalized spacial score (nSPS) is 21.6. The van der Waals surface area contributed by atoms with Gasteiger partial charge in [0, 0.05) is 6.54 Å². The third-order valence-electron chi connectivity index (χ3n) is 2.50. The predicted octanol–water partition coefficient (Wildman–Crippen LogP) is 2.50. The number of ether oxygens (including phenoxy) is 1. The van der Waals surface area contributed by atoms with Gasteiger partial charge in [0.05, 0.1) is 6.04 Å². The zero-order valence-corrected chi connectivity index (χ0v) is 10.8. The molecule has 18 heavy (non-hydrogen) atoms. The van der Waals surface area contributed by atoms with Crippen molar-refractivity contribution in [3.05, 3.63) is 0 Å². The molecule has 106 valence electrons. The highest BCUT2D eigenvalue weighted by molar-refractivity contribution is 5.69. The molecule has 7 heteroatoms. The summed E-state index contributed by atoms with van der Waals surface area (Å²) in [4.78, 5) is 11.6. The average Bonchev–Trinajstić information content (AvgIpc) is 2.13. The van der Waals surface area contributed by atoms with Gasteiger partial charge in [-0.1, -0.05) is 0 Å². The summed E-state index contributed by atoms with van der Waals surface area (Å²) in [6.45, 7) is 5.44. The van der Waals surface area contributed by atoms with Gasteiger partial charge in [-0.25, -0.2) is 9.69 Å². The van der Waals surface area contributed by atoms with Crippen LogP contribution in [0.2, 0.25) is 0 Å². The van der Waals surface area contributed by atoms with Gasteiger partial charge in [0.1, 0.15) is 5.60 Å². The van der Waals surface area contributed by atoms with Crippen LogP contribution in [0, 0.1) is 0 Å². The Kier molecular flexibility index (Phi) is 4.47. The topological polar surface area (TPSA) is 41.6 Å². The van der Waals surface area contributed by atoms with Crippen LogP contribution < -0.4 is 5.32 Å². The van der Waals surface area contributed by atoms with Crippen molar-refractivity contribution in [3.8, 4) is 0 Å². The van der Waals surface area contributed by atoms with Gasteiger partial charge in [0.15, 0.2) is 0 Å². The molecular weight excluding hydrogens is 249 g/mol. The molecule has 0 aromatic carbocycles. The first kappa shape index (κ1) is 15.1. The number of nitrogens with zero attached hydrogens (tertiary/aromatic N) is 1. The molecule has 0 aromatic rings. The number of halogens is 3. The molecule has 0 radical (unpaired) electrons. The Balaban J connectivity index is 2.81. The Morgan fingerprint density at radius 3 is 2.33 bits per heavy atom. The van der Waals surface area contributed by atoms with Crippen LogP contribution >= 0.6 is 0 Å². The Labute approximate surface area is 104 Å². The Morgan fingerprint density at radius 2 is 1.94 bits per heavy atom. The van der Waals surface area contributed by atoms with E-state index in [2.05, 4.69) is 5.32 Å². The summed E-state index contributed by atoms with van der Waals surface area (Å²) in [6, 6.07) is -0.895. The number of alkyl halides is 3. The van der Waals surface area contributed by atoms with Crippen LogP contribution in [0.3, 0.4) is 0 Å². The first-order chi connectivity index (χ1) is 8.11. The maximum absolute atomic E-state index is 12.9. The van der Waals surface area contributed by atoms with Gasteiger partial charge < -0.3 is 10.1 Å². The summed E-state index contributed by atoms with van der Waals surface area (Å²) in [5.41, 5.74) is -0.942. The van der Waals surface area contributed by atoms with E-state index < -0.39 is 24.0 Å². The molecule has 1 amide bonds. The lowest BCUT2D eigenvalue weighted by molar-refractivity contribution is -0.245. The van der Waals surface area contributed by atoms with E-state index >= 15 is 0 Å². The maximum Gasteiger partial charge on any atom is 0.490 e. The molecule has 4 nitrogen and oxygen atoms in total. The van der Waals surface area contributed by atoms with Gasteiger partial charge in [-0.05, 0) is 40.2 Å². The maximum atomic E-state index is 12.9. The third kappa shape index (κ3) is 4.36. The second-order valence-corrected chi connectivity index (χ2v) is 5.32. The lowest BCUT2D eigenvalue weighted by atomic mass is 10.1. The number of hydrogen-bond donors (Lipinski definition) is 1. The second kappa shape index (κ2) is 5.34. The van der Waals surface area contributed by atoms with E-state index in [9.17, 15) is 18.0 Å². The summed E-state index contributed by atoms with van der Waals surface area (Å²) < 4.78 is 43.6. The van der Waals surface area contributed by atoms with Gasteiger partial charge in [-0.15, -0.1) is 13.2 Å². The summed E-state index contributed by atoms with van der Waals surface area (Å²) >= 11 is 0. The molecule has 1 atom stereocenters.